The molecule has 5 heteroatoms. The van der Waals surface area contributed by atoms with Crippen molar-refractivity contribution in [3.8, 4) is 5.75 Å². The highest BCUT2D eigenvalue weighted by Crippen LogP contribution is 2.44. The SMILES string of the molecule is CCOc1c(F)cccc1C(=O)NCC1(CO)CC1. The van der Waals surface area contributed by atoms with E-state index in [4.69, 9.17) is 4.74 Å². The molecule has 0 radical (unpaired) electrons. The summed E-state index contributed by atoms with van der Waals surface area (Å²) in [4.78, 5) is 12.0. The smallest absolute Gasteiger partial charge is 0.255 e. The van der Waals surface area contributed by atoms with Crippen molar-refractivity contribution < 1.29 is 19.0 Å². The van der Waals surface area contributed by atoms with Gasteiger partial charge in [0.2, 0.25) is 0 Å². The summed E-state index contributed by atoms with van der Waals surface area (Å²) in [6.45, 7) is 2.50. The highest BCUT2D eigenvalue weighted by molar-refractivity contribution is 5.97. The molecule has 104 valence electrons. The largest absolute Gasteiger partial charge is 0.490 e. The van der Waals surface area contributed by atoms with E-state index in [0.29, 0.717) is 13.2 Å². The van der Waals surface area contributed by atoms with Crippen LogP contribution in [0.3, 0.4) is 0 Å². The third kappa shape index (κ3) is 3.04. The van der Waals surface area contributed by atoms with Gasteiger partial charge in [0.05, 0.1) is 18.8 Å². The highest BCUT2D eigenvalue weighted by atomic mass is 19.1. The van der Waals surface area contributed by atoms with Gasteiger partial charge in [0.1, 0.15) is 0 Å². The molecule has 1 aliphatic carbocycles. The van der Waals surface area contributed by atoms with Crippen molar-refractivity contribution in [2.24, 2.45) is 5.41 Å². The van der Waals surface area contributed by atoms with Gasteiger partial charge in [-0.05, 0) is 31.9 Å². The molecule has 2 rings (SSSR count). The van der Waals surface area contributed by atoms with Crippen LogP contribution in [-0.4, -0.2) is 30.8 Å². The number of halogens is 1. The summed E-state index contributed by atoms with van der Waals surface area (Å²) >= 11 is 0. The minimum atomic E-state index is -0.544. The van der Waals surface area contributed by atoms with E-state index in [9.17, 15) is 14.3 Å². The van der Waals surface area contributed by atoms with Gasteiger partial charge >= 0.3 is 0 Å². The zero-order chi connectivity index (χ0) is 13.9. The van der Waals surface area contributed by atoms with Crippen molar-refractivity contribution in [2.45, 2.75) is 19.8 Å². The van der Waals surface area contributed by atoms with Gasteiger partial charge in [0.15, 0.2) is 11.6 Å². The predicted octanol–water partition coefficient (Wildman–Crippen LogP) is 1.73. The first-order valence-corrected chi connectivity index (χ1v) is 6.42. The Kier molecular flexibility index (Phi) is 4.04. The van der Waals surface area contributed by atoms with Crippen LogP contribution in [-0.2, 0) is 0 Å². The Morgan fingerprint density at radius 3 is 2.84 bits per heavy atom. The van der Waals surface area contributed by atoms with E-state index in [1.165, 1.54) is 18.2 Å². The first-order chi connectivity index (χ1) is 9.12. The standard InChI is InChI=1S/C14H18FNO3/c1-2-19-12-10(4-3-5-11(12)15)13(18)16-8-14(9-17)6-7-14/h3-5,17H,2,6-9H2,1H3,(H,16,18). The van der Waals surface area contributed by atoms with Crippen LogP contribution < -0.4 is 10.1 Å². The van der Waals surface area contributed by atoms with Crippen LogP contribution in [0.4, 0.5) is 4.39 Å². The Morgan fingerprint density at radius 2 is 2.26 bits per heavy atom. The average Bonchev–Trinajstić information content (AvgIpc) is 3.19. The maximum atomic E-state index is 13.6. The fraction of sp³-hybridized carbons (Fsp3) is 0.500. The molecule has 0 unspecified atom stereocenters. The number of carbonyl (C=O) groups excluding carboxylic acids is 1. The lowest BCUT2D eigenvalue weighted by Gasteiger charge is -2.14. The normalized spacial score (nSPS) is 15.9. The van der Waals surface area contributed by atoms with E-state index in [1.807, 2.05) is 0 Å². The molecule has 1 aromatic rings. The van der Waals surface area contributed by atoms with E-state index in [-0.39, 0.29) is 29.2 Å². The lowest BCUT2D eigenvalue weighted by atomic mass is 10.1. The third-order valence-electron chi connectivity index (χ3n) is 3.42. The average molecular weight is 267 g/mol. The molecule has 0 heterocycles. The number of hydrogen-bond donors (Lipinski definition) is 2. The molecular formula is C14H18FNO3. The molecule has 4 nitrogen and oxygen atoms in total. The van der Waals surface area contributed by atoms with Crippen molar-refractivity contribution in [1.82, 2.24) is 5.32 Å². The Bertz CT molecular complexity index is 472. The van der Waals surface area contributed by atoms with Gasteiger partial charge in [0, 0.05) is 12.0 Å². The molecule has 0 saturated heterocycles. The maximum absolute atomic E-state index is 13.6. The molecule has 2 N–H and O–H groups in total. The lowest BCUT2D eigenvalue weighted by molar-refractivity contribution is 0.0930. The third-order valence-corrected chi connectivity index (χ3v) is 3.42. The molecule has 0 spiro atoms. The van der Waals surface area contributed by atoms with Crippen LogP contribution in [0, 0.1) is 11.2 Å². The monoisotopic (exact) mass is 267 g/mol. The Hall–Kier alpha value is -1.62. The Labute approximate surface area is 111 Å². The molecule has 0 bridgehead atoms. The van der Waals surface area contributed by atoms with Crippen LogP contribution in [0.15, 0.2) is 18.2 Å². The van der Waals surface area contributed by atoms with Gasteiger partial charge in [-0.25, -0.2) is 4.39 Å². The highest BCUT2D eigenvalue weighted by Gasteiger charge is 2.42. The van der Waals surface area contributed by atoms with Gasteiger partial charge < -0.3 is 15.2 Å². The van der Waals surface area contributed by atoms with Crippen LogP contribution >= 0.6 is 0 Å². The second-order valence-corrected chi connectivity index (χ2v) is 4.89. The van der Waals surface area contributed by atoms with Crippen LogP contribution in [0.2, 0.25) is 0 Å². The van der Waals surface area contributed by atoms with E-state index >= 15 is 0 Å². The molecule has 19 heavy (non-hydrogen) atoms. The zero-order valence-electron chi connectivity index (χ0n) is 10.9. The zero-order valence-corrected chi connectivity index (χ0v) is 10.9. The van der Waals surface area contributed by atoms with Gasteiger partial charge in [0.25, 0.3) is 5.91 Å². The van der Waals surface area contributed by atoms with Crippen LogP contribution in [0.25, 0.3) is 0 Å². The van der Waals surface area contributed by atoms with E-state index in [0.717, 1.165) is 12.8 Å². The van der Waals surface area contributed by atoms with Crippen molar-refractivity contribution in [3.05, 3.63) is 29.6 Å². The molecule has 0 aromatic heterocycles. The molecule has 0 aliphatic heterocycles. The van der Waals surface area contributed by atoms with Gasteiger partial charge in [-0.3, -0.25) is 4.79 Å². The quantitative estimate of drug-likeness (QED) is 0.825. The maximum Gasteiger partial charge on any atom is 0.255 e. The number of aliphatic hydroxyl groups excluding tert-OH is 1. The second kappa shape index (κ2) is 5.57. The second-order valence-electron chi connectivity index (χ2n) is 4.89. The van der Waals surface area contributed by atoms with E-state index < -0.39 is 5.82 Å². The number of carbonyl (C=O) groups is 1. The van der Waals surface area contributed by atoms with E-state index in [2.05, 4.69) is 5.32 Å². The number of ether oxygens (including phenoxy) is 1. The minimum Gasteiger partial charge on any atom is -0.490 e. The Balaban J connectivity index is 2.08. The number of amides is 1. The number of aliphatic hydroxyl groups is 1. The molecule has 1 amide bonds. The summed E-state index contributed by atoms with van der Waals surface area (Å²) in [7, 11) is 0. The topological polar surface area (TPSA) is 58.6 Å². The first-order valence-electron chi connectivity index (χ1n) is 6.42. The van der Waals surface area contributed by atoms with Gasteiger partial charge in [-0.2, -0.15) is 0 Å². The number of nitrogens with one attached hydrogen (secondary N) is 1. The van der Waals surface area contributed by atoms with Crippen molar-refractivity contribution in [1.29, 1.82) is 0 Å². The molecule has 1 aliphatic rings. The van der Waals surface area contributed by atoms with Crippen molar-refractivity contribution in [3.63, 3.8) is 0 Å². The lowest BCUT2D eigenvalue weighted by Crippen LogP contribution is -2.32. The summed E-state index contributed by atoms with van der Waals surface area (Å²) < 4.78 is 18.8. The minimum absolute atomic E-state index is 0.0173. The number of benzene rings is 1. The summed E-state index contributed by atoms with van der Waals surface area (Å²) in [6.07, 6.45) is 1.82. The fourth-order valence-corrected chi connectivity index (χ4v) is 1.91. The van der Waals surface area contributed by atoms with Gasteiger partial charge in [-0.15, -0.1) is 0 Å². The summed E-state index contributed by atoms with van der Waals surface area (Å²) in [6, 6.07) is 4.27. The van der Waals surface area contributed by atoms with Crippen molar-refractivity contribution >= 4 is 5.91 Å². The first kappa shape index (κ1) is 13.8. The van der Waals surface area contributed by atoms with Crippen molar-refractivity contribution in [2.75, 3.05) is 19.8 Å². The summed E-state index contributed by atoms with van der Waals surface area (Å²) in [5.41, 5.74) is 0.0185. The molecule has 0 atom stereocenters. The summed E-state index contributed by atoms with van der Waals surface area (Å²) in [5, 5.41) is 11.9. The van der Waals surface area contributed by atoms with Crippen LogP contribution in [0.1, 0.15) is 30.1 Å². The molecule has 1 aromatic carbocycles. The molecule has 1 fully saturated rings. The molecule has 1 saturated carbocycles. The molecular weight excluding hydrogens is 249 g/mol. The number of hydrogen-bond acceptors (Lipinski definition) is 3. The van der Waals surface area contributed by atoms with Gasteiger partial charge in [-0.1, -0.05) is 6.07 Å². The number of rotatable bonds is 6. The summed E-state index contributed by atoms with van der Waals surface area (Å²) in [5.74, 6) is -0.934. The number of para-hydroxylation sites is 1. The van der Waals surface area contributed by atoms with E-state index in [1.54, 1.807) is 6.92 Å². The van der Waals surface area contributed by atoms with Crippen LogP contribution in [0.5, 0.6) is 5.75 Å². The fourth-order valence-electron chi connectivity index (χ4n) is 1.91. The predicted molar refractivity (Wildman–Crippen MR) is 68.7 cm³/mol. The Morgan fingerprint density at radius 1 is 1.53 bits per heavy atom.